The predicted octanol–water partition coefficient (Wildman–Crippen LogP) is 10.1. The molecule has 1 aliphatic heterocycles. The van der Waals surface area contributed by atoms with Gasteiger partial charge in [-0.3, -0.25) is 3.87 Å². The highest BCUT2D eigenvalue weighted by atomic mass is 32.2. The zero-order valence-corrected chi connectivity index (χ0v) is 31.0. The zero-order chi connectivity index (χ0) is 33.7. The molecule has 1 heterocycles. The zero-order valence-electron chi connectivity index (χ0n) is 28.2. The number of anilines is 2. The van der Waals surface area contributed by atoms with Crippen molar-refractivity contribution in [2.24, 2.45) is 0 Å². The van der Waals surface area contributed by atoms with Crippen LogP contribution in [0.1, 0.15) is 108 Å². The van der Waals surface area contributed by atoms with Crippen LogP contribution in [0.5, 0.6) is 0 Å². The Morgan fingerprint density at radius 1 is 0.750 bits per heavy atom. The number of para-hydroxylation sites is 2. The molecule has 5 nitrogen and oxygen atoms in total. The molecule has 0 aromatic heterocycles. The van der Waals surface area contributed by atoms with Crippen LogP contribution < -0.4 is 9.13 Å². The van der Waals surface area contributed by atoms with Gasteiger partial charge in [0.25, 0.3) is 0 Å². The van der Waals surface area contributed by atoms with Crippen LogP contribution >= 0.6 is 0 Å². The molecule has 2 aromatic carbocycles. The van der Waals surface area contributed by atoms with Crippen molar-refractivity contribution in [2.75, 3.05) is 9.13 Å². The van der Waals surface area contributed by atoms with E-state index in [0.717, 1.165) is 27.9 Å². The van der Waals surface area contributed by atoms with Crippen molar-refractivity contribution in [1.29, 1.82) is 0 Å². The predicted molar refractivity (Wildman–Crippen MR) is 182 cm³/mol. The standard InChI is InChI=1S/C33H49F3N2O3SSi2/c1-21(2)27-16-14-17-28(22(3)4)31(27)37-25(9)20-26(10)38(32-29(23(5)6)18-15-19-30(32)24(7)8)44(37,43(11,12)13)41-42(39,40)33(34,35)36/h14-24H,9H2,1-8,10-13H3/t44-/m1/s1. The topological polar surface area (TPSA) is 49.9 Å². The Bertz CT molecular complexity index is 1490. The summed E-state index contributed by atoms with van der Waals surface area (Å²) in [4.78, 5) is 0. The lowest BCUT2D eigenvalue weighted by molar-refractivity contribution is -0.0503. The van der Waals surface area contributed by atoms with Gasteiger partial charge in [0.05, 0.1) is 0 Å². The van der Waals surface area contributed by atoms with Crippen LogP contribution in [0, 0.1) is 0 Å². The molecular weight excluding hydrogens is 618 g/mol. The van der Waals surface area contributed by atoms with Crippen LogP contribution in [0.15, 0.2) is 60.4 Å². The summed E-state index contributed by atoms with van der Waals surface area (Å²) >= 11 is 0. The number of hydrogen-bond donors (Lipinski definition) is 0. The van der Waals surface area contributed by atoms with Crippen molar-refractivity contribution >= 4 is 37.2 Å². The monoisotopic (exact) mass is 666 g/mol. The first-order chi connectivity index (χ1) is 20.0. The lowest BCUT2D eigenvalue weighted by Crippen LogP contribution is -2.82. The molecule has 244 valence electrons. The maximum atomic E-state index is 14.5. The van der Waals surface area contributed by atoms with Gasteiger partial charge in [-0.05, 0) is 58.9 Å². The average Bonchev–Trinajstić information content (AvgIpc) is 2.86. The third-order valence-corrected chi connectivity index (χ3v) is 22.8. The molecular formula is C33H49F3N2O3SSi2. The summed E-state index contributed by atoms with van der Waals surface area (Å²) in [6.07, 6.45) is 1.86. The smallest absolute Gasteiger partial charge is 0.334 e. The Labute approximate surface area is 265 Å². The minimum atomic E-state index is -6.06. The van der Waals surface area contributed by atoms with Gasteiger partial charge in [0.2, 0.25) is 0 Å². The highest BCUT2D eigenvalue weighted by molar-refractivity contribution is 7.89. The summed E-state index contributed by atoms with van der Waals surface area (Å²) in [7, 11) is -13.6. The van der Waals surface area contributed by atoms with Crippen molar-refractivity contribution < 1.29 is 25.5 Å². The SMILES string of the molecule is C=C1C=C(C)N(c2c(C(C)C)cccc2C(C)C)[Si@](OS(=O)(=O)C(F)(F)F)([Si](C)(C)C)N1c1c(C(C)C)cccc1C(C)C. The van der Waals surface area contributed by atoms with Crippen molar-refractivity contribution in [1.82, 2.24) is 0 Å². The molecule has 0 bridgehead atoms. The summed E-state index contributed by atoms with van der Waals surface area (Å²) in [5.41, 5.74) is 0.469. The van der Waals surface area contributed by atoms with E-state index in [-0.39, 0.29) is 23.7 Å². The maximum Gasteiger partial charge on any atom is 0.522 e. The Morgan fingerprint density at radius 2 is 1.09 bits per heavy atom. The van der Waals surface area contributed by atoms with Crippen LogP contribution in [-0.2, 0) is 14.0 Å². The molecule has 0 saturated heterocycles. The van der Waals surface area contributed by atoms with Gasteiger partial charge < -0.3 is 9.13 Å². The molecule has 1 aliphatic rings. The fourth-order valence-corrected chi connectivity index (χ4v) is 21.9. The molecule has 1 atom stereocenters. The molecule has 3 rings (SSSR count). The fraction of sp³-hybridized carbons (Fsp3) is 0.515. The first-order valence-electron chi connectivity index (χ1n) is 15.3. The van der Waals surface area contributed by atoms with E-state index in [0.29, 0.717) is 17.1 Å². The normalized spacial score (nSPS) is 18.7. The number of halogens is 3. The number of nitrogens with zero attached hydrogens (tertiary/aromatic N) is 2. The van der Waals surface area contributed by atoms with E-state index >= 15 is 0 Å². The van der Waals surface area contributed by atoms with Crippen molar-refractivity contribution in [2.45, 2.75) is 111 Å². The highest BCUT2D eigenvalue weighted by Crippen LogP contribution is 2.51. The van der Waals surface area contributed by atoms with Gasteiger partial charge in [0.15, 0.2) is 0 Å². The summed E-state index contributed by atoms with van der Waals surface area (Å²) < 4.78 is 80.0. The van der Waals surface area contributed by atoms with Crippen molar-refractivity contribution in [3.63, 3.8) is 0 Å². The highest BCUT2D eigenvalue weighted by Gasteiger charge is 2.68. The summed E-state index contributed by atoms with van der Waals surface area (Å²) in [5.74, 6) is -0.0361. The quantitative estimate of drug-likeness (QED) is 0.197. The van der Waals surface area contributed by atoms with E-state index in [1.54, 1.807) is 0 Å². The maximum absolute atomic E-state index is 14.5. The molecule has 44 heavy (non-hydrogen) atoms. The van der Waals surface area contributed by atoms with E-state index in [1.807, 2.05) is 134 Å². The molecule has 2 aromatic rings. The molecule has 11 heteroatoms. The molecule has 0 N–H and O–H groups in total. The molecule has 0 spiro atoms. The first kappa shape index (κ1) is 36.1. The Kier molecular flexibility index (Phi) is 10.2. The molecule has 0 amide bonds. The third-order valence-electron chi connectivity index (χ3n) is 8.24. The summed E-state index contributed by atoms with van der Waals surface area (Å²) in [6, 6.07) is 11.8. The second kappa shape index (κ2) is 12.5. The minimum absolute atomic E-state index is 0.00295. The number of alkyl halides is 3. The summed E-state index contributed by atoms with van der Waals surface area (Å²) in [6.45, 7) is 28.2. The Balaban J connectivity index is 2.75. The van der Waals surface area contributed by atoms with E-state index in [9.17, 15) is 21.6 Å². The van der Waals surface area contributed by atoms with E-state index in [2.05, 4.69) is 6.58 Å². The Hall–Kier alpha value is -2.35. The molecule has 0 unspecified atom stereocenters. The van der Waals surface area contributed by atoms with Crippen molar-refractivity contribution in [3.05, 3.63) is 82.7 Å². The molecule has 0 aliphatic carbocycles. The van der Waals surface area contributed by atoms with E-state index in [4.69, 9.17) is 3.87 Å². The van der Waals surface area contributed by atoms with Crippen LogP contribution in [0.2, 0.25) is 19.6 Å². The van der Waals surface area contributed by atoms with Crippen molar-refractivity contribution in [3.8, 4) is 0 Å². The number of allylic oxidation sites excluding steroid dienone is 2. The number of rotatable bonds is 9. The first-order valence-corrected chi connectivity index (χ1v) is 23.0. The van der Waals surface area contributed by atoms with Gasteiger partial charge in [0.1, 0.15) is 7.59 Å². The fourth-order valence-electron chi connectivity index (χ4n) is 6.14. The van der Waals surface area contributed by atoms with E-state index < -0.39 is 31.4 Å². The third kappa shape index (κ3) is 6.21. The minimum Gasteiger partial charge on any atom is -0.334 e. The second-order valence-corrected chi connectivity index (χ2v) is 29.1. The number of benzene rings is 2. The Morgan fingerprint density at radius 3 is 1.39 bits per heavy atom. The van der Waals surface area contributed by atoms with Gasteiger partial charge in [-0.1, -0.05) is 118 Å². The second-order valence-electron chi connectivity index (χ2n) is 14.0. The van der Waals surface area contributed by atoms with Crippen LogP contribution in [-0.4, -0.2) is 29.7 Å². The van der Waals surface area contributed by atoms with Crippen LogP contribution in [0.3, 0.4) is 0 Å². The van der Waals surface area contributed by atoms with E-state index in [1.165, 1.54) is 0 Å². The number of hydrogen-bond acceptors (Lipinski definition) is 5. The molecule has 0 saturated carbocycles. The molecule has 0 radical (unpaired) electrons. The van der Waals surface area contributed by atoms with Crippen LogP contribution in [0.25, 0.3) is 0 Å². The molecule has 0 fully saturated rings. The largest absolute Gasteiger partial charge is 0.522 e. The average molecular weight is 667 g/mol. The van der Waals surface area contributed by atoms with Gasteiger partial charge in [-0.25, -0.2) is 0 Å². The van der Waals surface area contributed by atoms with Gasteiger partial charge in [-0.15, -0.1) is 0 Å². The lowest BCUT2D eigenvalue weighted by atomic mass is 9.92. The van der Waals surface area contributed by atoms with Crippen LogP contribution in [0.4, 0.5) is 24.5 Å². The summed E-state index contributed by atoms with van der Waals surface area (Å²) in [5, 5.41) is 0. The van der Waals surface area contributed by atoms with Gasteiger partial charge in [0, 0.05) is 22.8 Å². The van der Waals surface area contributed by atoms with Gasteiger partial charge in [-0.2, -0.15) is 21.6 Å². The van der Waals surface area contributed by atoms with Gasteiger partial charge >= 0.3 is 23.8 Å². The lowest BCUT2D eigenvalue weighted by Gasteiger charge is -2.58.